The molecule has 0 amide bonds. The number of rotatable bonds is 6. The predicted octanol–water partition coefficient (Wildman–Crippen LogP) is 3.68. The van der Waals surface area contributed by atoms with Gasteiger partial charge in [-0.25, -0.2) is 0 Å². The second-order valence-electron chi connectivity index (χ2n) is 7.35. The molecule has 3 aromatic heterocycles. The van der Waals surface area contributed by atoms with Crippen molar-refractivity contribution in [1.29, 1.82) is 0 Å². The van der Waals surface area contributed by atoms with Gasteiger partial charge in [-0.1, -0.05) is 22.4 Å². The van der Waals surface area contributed by atoms with Gasteiger partial charge in [-0.15, -0.1) is 0 Å². The maximum Gasteiger partial charge on any atom is 0.254 e. The Hall–Kier alpha value is -3.81. The van der Waals surface area contributed by atoms with Gasteiger partial charge in [-0.3, -0.25) is 9.48 Å². The van der Waals surface area contributed by atoms with Gasteiger partial charge in [0.15, 0.2) is 11.6 Å². The van der Waals surface area contributed by atoms with Crippen LogP contribution in [-0.4, -0.2) is 30.9 Å². The predicted molar refractivity (Wildman–Crippen MR) is 108 cm³/mol. The molecule has 150 valence electrons. The molecule has 0 bridgehead atoms. The Kier molecular flexibility index (Phi) is 4.39. The first-order chi connectivity index (χ1) is 14.6. The lowest BCUT2D eigenvalue weighted by molar-refractivity contribution is 0.0974. The zero-order valence-corrected chi connectivity index (χ0v) is 16.6. The van der Waals surface area contributed by atoms with Crippen LogP contribution >= 0.6 is 0 Å². The molecule has 3 heterocycles. The molecule has 1 aliphatic rings. The van der Waals surface area contributed by atoms with E-state index in [2.05, 4.69) is 44.7 Å². The smallest absolute Gasteiger partial charge is 0.254 e. The molecule has 0 aliphatic heterocycles. The van der Waals surface area contributed by atoms with E-state index >= 15 is 0 Å². The van der Waals surface area contributed by atoms with Crippen LogP contribution in [0.4, 0.5) is 0 Å². The Morgan fingerprint density at radius 1 is 1.20 bits per heavy atom. The van der Waals surface area contributed by atoms with Crippen LogP contribution in [0, 0.1) is 6.92 Å². The van der Waals surface area contributed by atoms with E-state index in [0.717, 1.165) is 28.8 Å². The SMILES string of the molecule is Cc1noc(C2=Cc3cc(-c4cc(C(=O)CCc5ccno5)nn4C)ccc3C2)n1. The van der Waals surface area contributed by atoms with Crippen molar-refractivity contribution in [3.05, 3.63) is 70.8 Å². The van der Waals surface area contributed by atoms with Crippen LogP contribution in [0.5, 0.6) is 0 Å². The minimum absolute atomic E-state index is 0.0247. The van der Waals surface area contributed by atoms with Gasteiger partial charge in [0.1, 0.15) is 11.5 Å². The molecule has 0 N–H and O–H groups in total. The van der Waals surface area contributed by atoms with Crippen LogP contribution in [0.15, 0.2) is 45.6 Å². The highest BCUT2D eigenvalue weighted by molar-refractivity contribution is 5.95. The summed E-state index contributed by atoms with van der Waals surface area (Å²) in [6, 6.07) is 9.85. The number of aromatic nitrogens is 5. The molecule has 8 nitrogen and oxygen atoms in total. The standard InChI is InChI=1S/C22H19N5O3/c1-13-24-22(30-26-13)17-9-14-3-4-15(10-16(14)11-17)20-12-19(25-27(20)2)21(28)6-5-18-7-8-23-29-18/h3-4,7-8,10-12H,5-6,9H2,1-2H3. The average molecular weight is 401 g/mol. The third-order valence-electron chi connectivity index (χ3n) is 5.21. The van der Waals surface area contributed by atoms with Crippen molar-refractivity contribution in [2.75, 3.05) is 0 Å². The Balaban J connectivity index is 1.38. The van der Waals surface area contributed by atoms with Gasteiger partial charge in [0, 0.05) is 43.5 Å². The third kappa shape index (κ3) is 3.36. The highest BCUT2D eigenvalue weighted by atomic mass is 16.5. The summed E-state index contributed by atoms with van der Waals surface area (Å²) in [4.78, 5) is 16.9. The molecule has 0 fully saturated rings. The molecule has 0 unspecified atom stereocenters. The number of carbonyl (C=O) groups is 1. The first-order valence-corrected chi connectivity index (χ1v) is 9.68. The van der Waals surface area contributed by atoms with E-state index in [0.29, 0.717) is 36.0 Å². The van der Waals surface area contributed by atoms with E-state index in [1.165, 1.54) is 5.56 Å². The zero-order chi connectivity index (χ0) is 20.7. The number of nitrogens with zero attached hydrogens (tertiary/aromatic N) is 5. The normalized spacial score (nSPS) is 12.8. The number of carbonyl (C=O) groups excluding carboxylic acids is 1. The van der Waals surface area contributed by atoms with Crippen molar-refractivity contribution in [2.24, 2.45) is 7.05 Å². The number of fused-ring (bicyclic) bond motifs is 1. The number of Topliss-reactive ketones (excluding diaryl/α,β-unsaturated/α-hetero) is 1. The molecule has 1 aliphatic carbocycles. The first-order valence-electron chi connectivity index (χ1n) is 9.68. The molecule has 0 saturated carbocycles. The third-order valence-corrected chi connectivity index (χ3v) is 5.21. The highest BCUT2D eigenvalue weighted by Gasteiger charge is 2.20. The number of hydrogen-bond acceptors (Lipinski definition) is 7. The summed E-state index contributed by atoms with van der Waals surface area (Å²) in [5.41, 5.74) is 5.66. The van der Waals surface area contributed by atoms with Crippen molar-refractivity contribution >= 4 is 17.4 Å². The largest absolute Gasteiger partial charge is 0.361 e. The summed E-state index contributed by atoms with van der Waals surface area (Å²) in [5.74, 6) is 1.85. The minimum Gasteiger partial charge on any atom is -0.361 e. The zero-order valence-electron chi connectivity index (χ0n) is 16.6. The van der Waals surface area contributed by atoms with Gasteiger partial charge in [-0.05, 0) is 36.3 Å². The lowest BCUT2D eigenvalue weighted by atomic mass is 10.0. The Morgan fingerprint density at radius 2 is 2.10 bits per heavy atom. The number of ketones is 1. The fraction of sp³-hybridized carbons (Fsp3) is 0.227. The minimum atomic E-state index is -0.0247. The lowest BCUT2D eigenvalue weighted by Crippen LogP contribution is -2.03. The summed E-state index contributed by atoms with van der Waals surface area (Å²) in [7, 11) is 1.85. The summed E-state index contributed by atoms with van der Waals surface area (Å²) in [6.45, 7) is 1.81. The summed E-state index contributed by atoms with van der Waals surface area (Å²) in [6.07, 6.45) is 5.24. The van der Waals surface area contributed by atoms with Gasteiger partial charge < -0.3 is 9.05 Å². The molecule has 0 spiro atoms. The van der Waals surface area contributed by atoms with Crippen LogP contribution in [0.1, 0.15) is 45.5 Å². The highest BCUT2D eigenvalue weighted by Crippen LogP contribution is 2.33. The number of benzene rings is 1. The van der Waals surface area contributed by atoms with Crippen molar-refractivity contribution in [3.8, 4) is 11.3 Å². The fourth-order valence-corrected chi connectivity index (χ4v) is 3.67. The van der Waals surface area contributed by atoms with Crippen LogP contribution < -0.4 is 0 Å². The number of allylic oxidation sites excluding steroid dienone is 1. The van der Waals surface area contributed by atoms with Crippen molar-refractivity contribution in [3.63, 3.8) is 0 Å². The molecular formula is C22H19N5O3. The molecule has 4 aromatic rings. The molecule has 30 heavy (non-hydrogen) atoms. The van der Waals surface area contributed by atoms with E-state index in [9.17, 15) is 4.79 Å². The van der Waals surface area contributed by atoms with Gasteiger partial charge >= 0.3 is 0 Å². The summed E-state index contributed by atoms with van der Waals surface area (Å²) < 4.78 is 12.1. The molecule has 0 radical (unpaired) electrons. The second-order valence-corrected chi connectivity index (χ2v) is 7.35. The van der Waals surface area contributed by atoms with Crippen molar-refractivity contribution in [1.82, 2.24) is 25.1 Å². The monoisotopic (exact) mass is 401 g/mol. The number of aryl methyl sites for hydroxylation is 3. The number of hydrogen-bond donors (Lipinski definition) is 0. The van der Waals surface area contributed by atoms with Crippen molar-refractivity contribution < 1.29 is 13.8 Å². The van der Waals surface area contributed by atoms with Crippen LogP contribution in [-0.2, 0) is 19.9 Å². The molecule has 1 aromatic carbocycles. The van der Waals surface area contributed by atoms with Gasteiger partial charge in [0.05, 0.1) is 11.9 Å². The van der Waals surface area contributed by atoms with E-state index in [1.807, 2.05) is 13.1 Å². The Labute approximate surface area is 172 Å². The molecule has 5 rings (SSSR count). The van der Waals surface area contributed by atoms with E-state index in [-0.39, 0.29) is 5.78 Å². The van der Waals surface area contributed by atoms with Crippen LogP contribution in [0.25, 0.3) is 22.9 Å². The van der Waals surface area contributed by atoms with Gasteiger partial charge in [0.2, 0.25) is 0 Å². The van der Waals surface area contributed by atoms with Crippen LogP contribution in [0.2, 0.25) is 0 Å². The summed E-state index contributed by atoms with van der Waals surface area (Å²) in [5, 5.41) is 12.0. The quantitative estimate of drug-likeness (QED) is 0.454. The fourth-order valence-electron chi connectivity index (χ4n) is 3.67. The Bertz CT molecular complexity index is 1260. The molecule has 0 atom stereocenters. The second kappa shape index (κ2) is 7.22. The van der Waals surface area contributed by atoms with E-state index < -0.39 is 0 Å². The Morgan fingerprint density at radius 3 is 2.87 bits per heavy atom. The van der Waals surface area contributed by atoms with E-state index in [4.69, 9.17) is 9.05 Å². The van der Waals surface area contributed by atoms with Gasteiger partial charge in [-0.2, -0.15) is 10.1 Å². The van der Waals surface area contributed by atoms with E-state index in [1.54, 1.807) is 23.9 Å². The molecule has 0 saturated heterocycles. The van der Waals surface area contributed by atoms with Crippen LogP contribution in [0.3, 0.4) is 0 Å². The summed E-state index contributed by atoms with van der Waals surface area (Å²) >= 11 is 0. The molecule has 8 heteroatoms. The topological polar surface area (TPSA) is 99.8 Å². The maximum absolute atomic E-state index is 12.6. The first kappa shape index (κ1) is 18.2. The molecular weight excluding hydrogens is 382 g/mol. The van der Waals surface area contributed by atoms with Gasteiger partial charge in [0.25, 0.3) is 5.89 Å². The average Bonchev–Trinajstić information content (AvgIpc) is 3.51. The van der Waals surface area contributed by atoms with Crippen molar-refractivity contribution in [2.45, 2.75) is 26.2 Å². The lowest BCUT2D eigenvalue weighted by Gasteiger charge is -2.04. The maximum atomic E-state index is 12.6.